The average molecular weight is 375 g/mol. The molecule has 0 unspecified atom stereocenters. The molecule has 0 saturated carbocycles. The van der Waals surface area contributed by atoms with Crippen LogP contribution in [0.25, 0.3) is 0 Å². The fourth-order valence-corrected chi connectivity index (χ4v) is 4.50. The molecule has 2 heterocycles. The van der Waals surface area contributed by atoms with Crippen molar-refractivity contribution in [2.24, 2.45) is 5.92 Å². The average Bonchev–Trinajstić information content (AvgIpc) is 2.64. The van der Waals surface area contributed by atoms with Crippen molar-refractivity contribution in [1.82, 2.24) is 9.80 Å². The van der Waals surface area contributed by atoms with E-state index in [1.165, 1.54) is 5.56 Å². The van der Waals surface area contributed by atoms with Gasteiger partial charge >= 0.3 is 0 Å². The molecule has 5 nitrogen and oxygen atoms in total. The van der Waals surface area contributed by atoms with Gasteiger partial charge in [0.25, 0.3) is 5.91 Å². The molecule has 2 fully saturated rings. The lowest BCUT2D eigenvalue weighted by molar-refractivity contribution is -0.160. The van der Waals surface area contributed by atoms with Gasteiger partial charge in [0.2, 0.25) is 0 Å². The molecule has 0 bridgehead atoms. The first-order valence-corrected chi connectivity index (χ1v) is 10.3. The lowest BCUT2D eigenvalue weighted by atomic mass is 9.82. The Morgan fingerprint density at radius 1 is 1.15 bits per heavy atom. The predicted molar refractivity (Wildman–Crippen MR) is 106 cm³/mol. The molecule has 0 aromatic heterocycles. The molecule has 2 saturated heterocycles. The zero-order chi connectivity index (χ0) is 19.5. The number of likely N-dealkylation sites (tertiary alicyclic amines) is 2. The van der Waals surface area contributed by atoms with E-state index in [2.05, 4.69) is 17.0 Å². The molecule has 150 valence electrons. The number of benzene rings is 1. The van der Waals surface area contributed by atoms with E-state index in [0.29, 0.717) is 19.5 Å². The van der Waals surface area contributed by atoms with E-state index in [4.69, 9.17) is 0 Å². The van der Waals surface area contributed by atoms with E-state index in [1.807, 2.05) is 36.9 Å². The number of aliphatic hydroxyl groups is 2. The maximum atomic E-state index is 13.0. The third kappa shape index (κ3) is 5.09. The standard InChI is InChI=1S/C22H34N2O3/c1-21(2,26)19-10-14-23(15-11-19)17-22(27)12-6-13-24(20(22)25)16-9-18-7-4-3-5-8-18/h3-5,7-8,19,26-27H,6,9-17H2,1-2H3/t22-/m1/s1. The molecule has 27 heavy (non-hydrogen) atoms. The zero-order valence-corrected chi connectivity index (χ0v) is 16.7. The van der Waals surface area contributed by atoms with Gasteiger partial charge in [-0.2, -0.15) is 0 Å². The Morgan fingerprint density at radius 2 is 1.81 bits per heavy atom. The summed E-state index contributed by atoms with van der Waals surface area (Å²) in [7, 11) is 0. The summed E-state index contributed by atoms with van der Waals surface area (Å²) in [6.45, 7) is 7.20. The van der Waals surface area contributed by atoms with Crippen molar-refractivity contribution in [3.05, 3.63) is 35.9 Å². The number of rotatable bonds is 6. The smallest absolute Gasteiger partial charge is 0.255 e. The van der Waals surface area contributed by atoms with Gasteiger partial charge < -0.3 is 15.1 Å². The minimum Gasteiger partial charge on any atom is -0.390 e. The summed E-state index contributed by atoms with van der Waals surface area (Å²) in [5.74, 6) is 0.169. The Kier molecular flexibility index (Phi) is 6.24. The van der Waals surface area contributed by atoms with Crippen LogP contribution in [0.15, 0.2) is 30.3 Å². The first-order valence-electron chi connectivity index (χ1n) is 10.3. The molecule has 1 aromatic rings. The van der Waals surface area contributed by atoms with Gasteiger partial charge in [-0.25, -0.2) is 0 Å². The van der Waals surface area contributed by atoms with Crippen molar-refractivity contribution < 1.29 is 15.0 Å². The summed E-state index contributed by atoms with van der Waals surface area (Å²) in [6, 6.07) is 10.2. The highest BCUT2D eigenvalue weighted by Gasteiger charge is 2.44. The number of β-amino-alcohol motifs (C(OH)–C–C–N with tert-alkyl or cyclic N) is 1. The second kappa shape index (κ2) is 8.29. The van der Waals surface area contributed by atoms with Crippen LogP contribution in [0.5, 0.6) is 0 Å². The van der Waals surface area contributed by atoms with Gasteiger partial charge in [-0.3, -0.25) is 9.69 Å². The van der Waals surface area contributed by atoms with Crippen LogP contribution in [0.3, 0.4) is 0 Å². The minimum absolute atomic E-state index is 0.116. The Morgan fingerprint density at radius 3 is 2.44 bits per heavy atom. The number of hydrogen-bond acceptors (Lipinski definition) is 4. The molecule has 2 aliphatic rings. The molecule has 0 aliphatic carbocycles. The van der Waals surface area contributed by atoms with Crippen LogP contribution in [0, 0.1) is 5.92 Å². The number of hydrogen-bond donors (Lipinski definition) is 2. The van der Waals surface area contributed by atoms with Crippen LogP contribution in [0.1, 0.15) is 45.1 Å². The quantitative estimate of drug-likeness (QED) is 0.800. The van der Waals surface area contributed by atoms with Gasteiger partial charge in [0.1, 0.15) is 0 Å². The molecule has 0 spiro atoms. The fraction of sp³-hybridized carbons (Fsp3) is 0.682. The Hall–Kier alpha value is -1.43. The first kappa shape index (κ1) is 20.3. The molecule has 1 atom stereocenters. The monoisotopic (exact) mass is 374 g/mol. The summed E-state index contributed by atoms with van der Waals surface area (Å²) < 4.78 is 0. The van der Waals surface area contributed by atoms with Crippen LogP contribution < -0.4 is 0 Å². The Balaban J connectivity index is 1.54. The van der Waals surface area contributed by atoms with Crippen LogP contribution >= 0.6 is 0 Å². The van der Waals surface area contributed by atoms with E-state index >= 15 is 0 Å². The maximum Gasteiger partial charge on any atom is 0.255 e. The van der Waals surface area contributed by atoms with Crippen molar-refractivity contribution in [3.63, 3.8) is 0 Å². The summed E-state index contributed by atoms with van der Waals surface area (Å²) in [5, 5.41) is 21.3. The number of piperidine rings is 2. The Bertz CT molecular complexity index is 620. The van der Waals surface area contributed by atoms with Gasteiger partial charge in [0, 0.05) is 19.6 Å². The minimum atomic E-state index is -1.27. The van der Waals surface area contributed by atoms with Crippen molar-refractivity contribution in [3.8, 4) is 0 Å². The topological polar surface area (TPSA) is 64.0 Å². The number of amides is 1. The summed E-state index contributed by atoms with van der Waals surface area (Å²) in [4.78, 5) is 17.0. The van der Waals surface area contributed by atoms with Crippen molar-refractivity contribution in [2.45, 2.75) is 57.2 Å². The van der Waals surface area contributed by atoms with Gasteiger partial charge in [-0.05, 0) is 70.5 Å². The highest BCUT2D eigenvalue weighted by Crippen LogP contribution is 2.30. The molecule has 2 aliphatic heterocycles. The van der Waals surface area contributed by atoms with Crippen LogP contribution in [0.2, 0.25) is 0 Å². The van der Waals surface area contributed by atoms with Crippen molar-refractivity contribution >= 4 is 5.91 Å². The normalized spacial score (nSPS) is 25.8. The number of carbonyl (C=O) groups is 1. The molecular formula is C22H34N2O3. The fourth-order valence-electron chi connectivity index (χ4n) is 4.50. The molecule has 3 rings (SSSR count). The van der Waals surface area contributed by atoms with Gasteiger partial charge in [-0.1, -0.05) is 30.3 Å². The third-order valence-electron chi connectivity index (χ3n) is 6.29. The van der Waals surface area contributed by atoms with Crippen LogP contribution in [0.4, 0.5) is 0 Å². The highest BCUT2D eigenvalue weighted by molar-refractivity contribution is 5.86. The second-order valence-electron chi connectivity index (χ2n) is 8.87. The predicted octanol–water partition coefficient (Wildman–Crippen LogP) is 2.07. The molecule has 1 aromatic carbocycles. The van der Waals surface area contributed by atoms with Crippen LogP contribution in [-0.2, 0) is 11.2 Å². The second-order valence-corrected chi connectivity index (χ2v) is 8.87. The maximum absolute atomic E-state index is 13.0. The van der Waals surface area contributed by atoms with E-state index in [1.54, 1.807) is 0 Å². The molecule has 0 radical (unpaired) electrons. The molecule has 2 N–H and O–H groups in total. The number of nitrogens with zero attached hydrogens (tertiary/aromatic N) is 2. The lowest BCUT2D eigenvalue weighted by Crippen LogP contribution is -2.59. The van der Waals surface area contributed by atoms with Gasteiger partial charge in [0.05, 0.1) is 5.60 Å². The molecule has 1 amide bonds. The first-order chi connectivity index (χ1) is 12.8. The van der Waals surface area contributed by atoms with E-state index in [0.717, 1.165) is 45.3 Å². The summed E-state index contributed by atoms with van der Waals surface area (Å²) in [5.41, 5.74) is -0.706. The van der Waals surface area contributed by atoms with E-state index in [-0.39, 0.29) is 11.8 Å². The lowest BCUT2D eigenvalue weighted by Gasteiger charge is -2.43. The SMILES string of the molecule is CC(C)(O)C1CCN(C[C@]2(O)CCCN(CCc3ccccc3)C2=O)CC1. The summed E-state index contributed by atoms with van der Waals surface area (Å²) >= 11 is 0. The summed E-state index contributed by atoms with van der Waals surface area (Å²) in [6.07, 6.45) is 4.02. The van der Waals surface area contributed by atoms with E-state index < -0.39 is 11.2 Å². The highest BCUT2D eigenvalue weighted by atomic mass is 16.3. The van der Waals surface area contributed by atoms with E-state index in [9.17, 15) is 15.0 Å². The molecular weight excluding hydrogens is 340 g/mol. The van der Waals surface area contributed by atoms with Gasteiger partial charge in [0.15, 0.2) is 5.60 Å². The number of carbonyl (C=O) groups excluding carboxylic acids is 1. The van der Waals surface area contributed by atoms with Crippen molar-refractivity contribution in [2.75, 3.05) is 32.7 Å². The zero-order valence-electron chi connectivity index (χ0n) is 16.7. The molecule has 5 heteroatoms. The van der Waals surface area contributed by atoms with Crippen LogP contribution in [-0.4, -0.2) is 69.8 Å². The third-order valence-corrected chi connectivity index (χ3v) is 6.29. The van der Waals surface area contributed by atoms with Crippen molar-refractivity contribution in [1.29, 1.82) is 0 Å². The largest absolute Gasteiger partial charge is 0.390 e. The van der Waals surface area contributed by atoms with Gasteiger partial charge in [-0.15, -0.1) is 0 Å². The Labute approximate surface area is 163 Å².